The van der Waals surface area contributed by atoms with E-state index in [2.05, 4.69) is 10.1 Å². The molecule has 2 aromatic carbocycles. The molecule has 0 saturated carbocycles. The lowest BCUT2D eigenvalue weighted by atomic mass is 10.2. The smallest absolute Gasteiger partial charge is 0.264 e. The molecule has 3 rings (SSSR count). The molecule has 0 N–H and O–H groups in total. The Balaban J connectivity index is 1.75. The maximum atomic E-state index is 6.07. The Bertz CT molecular complexity index is 930. The van der Waals surface area contributed by atoms with Gasteiger partial charge in [0.1, 0.15) is 5.75 Å². The summed E-state index contributed by atoms with van der Waals surface area (Å²) < 4.78 is 21.3. The third kappa shape index (κ3) is 3.98. The highest BCUT2D eigenvalue weighted by molar-refractivity contribution is 6.43. The molecule has 0 bridgehead atoms. The topological polar surface area (TPSA) is 66.6 Å². The third-order valence-corrected chi connectivity index (χ3v) is 4.45. The van der Waals surface area contributed by atoms with Crippen molar-refractivity contribution >= 4 is 34.8 Å². The summed E-state index contributed by atoms with van der Waals surface area (Å²) in [5, 5.41) is 4.95. The summed E-state index contributed by atoms with van der Waals surface area (Å²) in [5.41, 5.74) is 0.713. The Kier molecular flexibility index (Phi) is 5.76. The largest absolute Gasteiger partial charge is 0.493 e. The van der Waals surface area contributed by atoms with Crippen molar-refractivity contribution in [3.05, 3.63) is 51.3 Å². The van der Waals surface area contributed by atoms with Crippen molar-refractivity contribution in [2.75, 3.05) is 14.2 Å². The Morgan fingerprint density at radius 2 is 1.62 bits per heavy atom. The van der Waals surface area contributed by atoms with Gasteiger partial charge in [0.2, 0.25) is 5.82 Å². The SMILES string of the molecule is COc1ccc(-c2noc(COc3cc(Cl)c(Cl)cc3Cl)n2)cc1OC. The monoisotopic (exact) mass is 414 g/mol. The van der Waals surface area contributed by atoms with Gasteiger partial charge in [-0.2, -0.15) is 4.98 Å². The second-order valence-electron chi connectivity index (χ2n) is 5.07. The summed E-state index contributed by atoms with van der Waals surface area (Å²) in [6, 6.07) is 8.34. The summed E-state index contributed by atoms with van der Waals surface area (Å²) in [5.74, 6) is 2.21. The lowest BCUT2D eigenvalue weighted by Gasteiger charge is -2.07. The molecule has 0 aliphatic heterocycles. The molecule has 0 saturated heterocycles. The van der Waals surface area contributed by atoms with Crippen LogP contribution in [0.5, 0.6) is 17.2 Å². The molecule has 0 amide bonds. The Morgan fingerprint density at radius 3 is 2.35 bits per heavy atom. The first-order valence-electron chi connectivity index (χ1n) is 7.34. The fourth-order valence-corrected chi connectivity index (χ4v) is 2.75. The zero-order chi connectivity index (χ0) is 18.7. The molecule has 0 aliphatic rings. The minimum atomic E-state index is 0.0258. The van der Waals surface area contributed by atoms with Gasteiger partial charge in [-0.05, 0) is 24.3 Å². The number of hydrogen-bond donors (Lipinski definition) is 0. The van der Waals surface area contributed by atoms with Crippen molar-refractivity contribution in [3.8, 4) is 28.6 Å². The van der Waals surface area contributed by atoms with Crippen molar-refractivity contribution in [1.82, 2.24) is 10.1 Å². The highest BCUT2D eigenvalue weighted by atomic mass is 35.5. The molecular weight excluding hydrogens is 403 g/mol. The van der Waals surface area contributed by atoms with E-state index in [0.717, 1.165) is 0 Å². The standard InChI is InChI=1S/C17H13Cl3N2O4/c1-23-13-4-3-9(5-15(13)24-2)17-21-16(26-22-17)8-25-14-7-11(19)10(18)6-12(14)20/h3-7H,8H2,1-2H3. The minimum absolute atomic E-state index is 0.0258. The maximum Gasteiger partial charge on any atom is 0.264 e. The second kappa shape index (κ2) is 8.03. The van der Waals surface area contributed by atoms with Crippen LogP contribution in [0.25, 0.3) is 11.4 Å². The van der Waals surface area contributed by atoms with Crippen molar-refractivity contribution in [2.45, 2.75) is 6.61 Å². The number of aromatic nitrogens is 2. The van der Waals surface area contributed by atoms with Gasteiger partial charge < -0.3 is 18.7 Å². The van der Waals surface area contributed by atoms with Gasteiger partial charge in [0.05, 0.1) is 29.3 Å². The average Bonchev–Trinajstić information content (AvgIpc) is 3.12. The average molecular weight is 416 g/mol. The first kappa shape index (κ1) is 18.6. The van der Waals surface area contributed by atoms with Gasteiger partial charge in [-0.1, -0.05) is 40.0 Å². The minimum Gasteiger partial charge on any atom is -0.493 e. The predicted molar refractivity (Wildman–Crippen MR) is 98.6 cm³/mol. The van der Waals surface area contributed by atoms with Crippen LogP contribution in [-0.4, -0.2) is 24.4 Å². The van der Waals surface area contributed by atoms with Crippen LogP contribution < -0.4 is 14.2 Å². The highest BCUT2D eigenvalue weighted by Crippen LogP contribution is 2.34. The van der Waals surface area contributed by atoms with Crippen LogP contribution in [0.15, 0.2) is 34.9 Å². The summed E-state index contributed by atoms with van der Waals surface area (Å²) in [4.78, 5) is 4.29. The molecule has 0 spiro atoms. The molecule has 9 heteroatoms. The summed E-state index contributed by atoms with van der Waals surface area (Å²) >= 11 is 17.9. The molecule has 6 nitrogen and oxygen atoms in total. The Labute approximate surface area is 164 Å². The van der Waals surface area contributed by atoms with Crippen LogP contribution in [0.1, 0.15) is 5.89 Å². The zero-order valence-electron chi connectivity index (χ0n) is 13.8. The molecule has 0 radical (unpaired) electrons. The summed E-state index contributed by atoms with van der Waals surface area (Å²) in [7, 11) is 3.12. The van der Waals surface area contributed by atoms with E-state index < -0.39 is 0 Å². The second-order valence-corrected chi connectivity index (χ2v) is 6.29. The Hall–Kier alpha value is -2.15. The molecule has 1 heterocycles. The number of nitrogens with zero attached hydrogens (tertiary/aromatic N) is 2. The van der Waals surface area contributed by atoms with Crippen LogP contribution >= 0.6 is 34.8 Å². The van der Waals surface area contributed by atoms with E-state index in [1.807, 2.05) is 0 Å². The van der Waals surface area contributed by atoms with E-state index in [4.69, 9.17) is 53.5 Å². The van der Waals surface area contributed by atoms with Gasteiger partial charge in [0, 0.05) is 11.6 Å². The van der Waals surface area contributed by atoms with Gasteiger partial charge >= 0.3 is 0 Å². The van der Waals surface area contributed by atoms with Gasteiger partial charge in [-0.3, -0.25) is 0 Å². The van der Waals surface area contributed by atoms with E-state index in [1.54, 1.807) is 32.4 Å². The lowest BCUT2D eigenvalue weighted by molar-refractivity contribution is 0.243. The Morgan fingerprint density at radius 1 is 0.885 bits per heavy atom. The van der Waals surface area contributed by atoms with E-state index in [-0.39, 0.29) is 12.5 Å². The third-order valence-electron chi connectivity index (χ3n) is 3.44. The van der Waals surface area contributed by atoms with Crippen molar-refractivity contribution in [2.24, 2.45) is 0 Å². The quantitative estimate of drug-likeness (QED) is 0.509. The summed E-state index contributed by atoms with van der Waals surface area (Å²) in [6.45, 7) is 0.0258. The molecule has 3 aromatic rings. The first-order valence-corrected chi connectivity index (χ1v) is 8.47. The molecular formula is C17H13Cl3N2O4. The molecule has 0 atom stereocenters. The first-order chi connectivity index (χ1) is 12.5. The van der Waals surface area contributed by atoms with Gasteiger partial charge in [0.15, 0.2) is 18.1 Å². The van der Waals surface area contributed by atoms with Crippen molar-refractivity contribution < 1.29 is 18.7 Å². The molecule has 0 unspecified atom stereocenters. The maximum absolute atomic E-state index is 6.07. The molecule has 1 aromatic heterocycles. The number of halogens is 3. The van der Waals surface area contributed by atoms with Crippen molar-refractivity contribution in [1.29, 1.82) is 0 Å². The van der Waals surface area contributed by atoms with Crippen LogP contribution in [0.3, 0.4) is 0 Å². The van der Waals surface area contributed by atoms with E-state index in [9.17, 15) is 0 Å². The molecule has 0 fully saturated rings. The number of hydrogen-bond acceptors (Lipinski definition) is 6. The van der Waals surface area contributed by atoms with Crippen molar-refractivity contribution in [3.63, 3.8) is 0 Å². The van der Waals surface area contributed by atoms with Crippen LogP contribution in [-0.2, 0) is 6.61 Å². The number of methoxy groups -OCH3 is 2. The number of rotatable bonds is 6. The number of ether oxygens (including phenoxy) is 3. The molecule has 136 valence electrons. The van der Waals surface area contributed by atoms with E-state index in [1.165, 1.54) is 12.1 Å². The molecule has 0 aliphatic carbocycles. The lowest BCUT2D eigenvalue weighted by Crippen LogP contribution is -1.96. The molecule has 26 heavy (non-hydrogen) atoms. The summed E-state index contributed by atoms with van der Waals surface area (Å²) in [6.07, 6.45) is 0. The highest BCUT2D eigenvalue weighted by Gasteiger charge is 2.14. The normalized spacial score (nSPS) is 10.7. The predicted octanol–water partition coefficient (Wildman–Crippen LogP) is 5.29. The van der Waals surface area contributed by atoms with Gasteiger partial charge in [-0.15, -0.1) is 0 Å². The van der Waals surface area contributed by atoms with Gasteiger partial charge in [0.25, 0.3) is 5.89 Å². The fraction of sp³-hybridized carbons (Fsp3) is 0.176. The van der Waals surface area contributed by atoms with Crippen LogP contribution in [0, 0.1) is 0 Å². The van der Waals surface area contributed by atoms with Crippen LogP contribution in [0.4, 0.5) is 0 Å². The number of benzene rings is 2. The van der Waals surface area contributed by atoms with Crippen LogP contribution in [0.2, 0.25) is 15.1 Å². The van der Waals surface area contributed by atoms with E-state index >= 15 is 0 Å². The van der Waals surface area contributed by atoms with Gasteiger partial charge in [-0.25, -0.2) is 0 Å². The van der Waals surface area contributed by atoms with E-state index in [0.29, 0.717) is 43.7 Å². The fourth-order valence-electron chi connectivity index (χ4n) is 2.16. The zero-order valence-corrected chi connectivity index (χ0v) is 16.0.